The van der Waals surface area contributed by atoms with Crippen molar-refractivity contribution in [2.24, 2.45) is 0 Å². The number of aromatic nitrogens is 1. The molecule has 1 heterocycles. The number of aryl methyl sites for hydroxylation is 1. The summed E-state index contributed by atoms with van der Waals surface area (Å²) in [6, 6.07) is 9.66. The molecule has 0 saturated heterocycles. The summed E-state index contributed by atoms with van der Waals surface area (Å²) in [6.45, 7) is 2.61. The minimum atomic E-state index is 0.480. The number of halogens is 1. The van der Waals surface area contributed by atoms with Crippen LogP contribution in [-0.4, -0.2) is 12.0 Å². The van der Waals surface area contributed by atoms with Gasteiger partial charge in [-0.25, -0.2) is 4.98 Å². The molecule has 0 bridgehead atoms. The van der Waals surface area contributed by atoms with Crippen molar-refractivity contribution < 1.29 is 4.74 Å². The Hall–Kier alpha value is -1.74. The second-order valence-corrected chi connectivity index (χ2v) is 4.58. The van der Waals surface area contributed by atoms with Crippen molar-refractivity contribution in [3.8, 4) is 5.88 Å². The quantitative estimate of drug-likeness (QED) is 0.899. The SMILES string of the molecule is CCc1cccc(NC)c1COc1cc(Cl)ccn1. The summed E-state index contributed by atoms with van der Waals surface area (Å²) in [5, 5.41) is 3.82. The fourth-order valence-corrected chi connectivity index (χ4v) is 2.13. The molecule has 100 valence electrons. The number of rotatable bonds is 5. The Morgan fingerprint density at radius 1 is 1.32 bits per heavy atom. The predicted molar refractivity (Wildman–Crippen MR) is 78.9 cm³/mol. The average Bonchev–Trinajstić information content (AvgIpc) is 2.44. The first-order chi connectivity index (χ1) is 9.24. The van der Waals surface area contributed by atoms with Crippen molar-refractivity contribution in [1.82, 2.24) is 4.98 Å². The largest absolute Gasteiger partial charge is 0.473 e. The molecule has 0 fully saturated rings. The van der Waals surface area contributed by atoms with E-state index in [0.717, 1.165) is 17.7 Å². The summed E-state index contributed by atoms with van der Waals surface area (Å²) in [7, 11) is 1.91. The lowest BCUT2D eigenvalue weighted by Crippen LogP contribution is -2.05. The summed E-state index contributed by atoms with van der Waals surface area (Å²) in [5.74, 6) is 0.542. The van der Waals surface area contributed by atoms with Crippen LogP contribution in [0, 0.1) is 0 Å². The highest BCUT2D eigenvalue weighted by Gasteiger charge is 2.07. The third-order valence-electron chi connectivity index (χ3n) is 2.98. The maximum absolute atomic E-state index is 5.91. The predicted octanol–water partition coefficient (Wildman–Crippen LogP) is 3.92. The van der Waals surface area contributed by atoms with E-state index in [9.17, 15) is 0 Å². The van der Waals surface area contributed by atoms with Crippen molar-refractivity contribution in [2.75, 3.05) is 12.4 Å². The van der Waals surface area contributed by atoms with Gasteiger partial charge in [0, 0.05) is 35.6 Å². The Bertz CT molecular complexity index is 535. The second kappa shape index (κ2) is 6.43. The molecule has 1 aromatic carbocycles. The summed E-state index contributed by atoms with van der Waals surface area (Å²) < 4.78 is 5.72. The number of hydrogen-bond acceptors (Lipinski definition) is 3. The van der Waals surface area contributed by atoms with Gasteiger partial charge in [0.2, 0.25) is 5.88 Å². The smallest absolute Gasteiger partial charge is 0.215 e. The van der Waals surface area contributed by atoms with Crippen molar-refractivity contribution in [1.29, 1.82) is 0 Å². The van der Waals surface area contributed by atoms with Crippen LogP contribution in [0.25, 0.3) is 0 Å². The van der Waals surface area contributed by atoms with Crippen LogP contribution in [0.15, 0.2) is 36.5 Å². The van der Waals surface area contributed by atoms with Gasteiger partial charge in [0.1, 0.15) is 6.61 Å². The van der Waals surface area contributed by atoms with Crippen LogP contribution in [0.3, 0.4) is 0 Å². The van der Waals surface area contributed by atoms with Gasteiger partial charge in [0.05, 0.1) is 0 Å². The fraction of sp³-hybridized carbons (Fsp3) is 0.267. The standard InChI is InChI=1S/C15H17ClN2O/c1-3-11-5-4-6-14(17-2)13(11)10-19-15-9-12(16)7-8-18-15/h4-9,17H,3,10H2,1-2H3. The van der Waals surface area contributed by atoms with Crippen molar-refractivity contribution in [3.05, 3.63) is 52.7 Å². The minimum absolute atomic E-state index is 0.480. The molecule has 2 aromatic rings. The molecule has 19 heavy (non-hydrogen) atoms. The zero-order chi connectivity index (χ0) is 13.7. The topological polar surface area (TPSA) is 34.1 Å². The third-order valence-corrected chi connectivity index (χ3v) is 3.22. The number of nitrogens with zero attached hydrogens (tertiary/aromatic N) is 1. The molecule has 0 aliphatic carbocycles. The number of pyridine rings is 1. The molecule has 1 N–H and O–H groups in total. The van der Waals surface area contributed by atoms with Crippen molar-refractivity contribution >= 4 is 17.3 Å². The highest BCUT2D eigenvalue weighted by atomic mass is 35.5. The first-order valence-electron chi connectivity index (χ1n) is 6.27. The third kappa shape index (κ3) is 3.38. The van der Waals surface area contributed by atoms with Gasteiger partial charge in [0.15, 0.2) is 0 Å². The summed E-state index contributed by atoms with van der Waals surface area (Å²) in [5.41, 5.74) is 3.52. The maximum Gasteiger partial charge on any atom is 0.215 e. The summed E-state index contributed by atoms with van der Waals surface area (Å²) in [4.78, 5) is 4.14. The average molecular weight is 277 g/mol. The molecule has 0 saturated carbocycles. The van der Waals surface area contributed by atoms with E-state index < -0.39 is 0 Å². The van der Waals surface area contributed by atoms with Gasteiger partial charge < -0.3 is 10.1 Å². The van der Waals surface area contributed by atoms with Crippen LogP contribution in [0.2, 0.25) is 5.02 Å². The van der Waals surface area contributed by atoms with Gasteiger partial charge in [-0.3, -0.25) is 0 Å². The van der Waals surface area contributed by atoms with E-state index in [1.54, 1.807) is 18.3 Å². The number of ether oxygens (including phenoxy) is 1. The molecule has 0 unspecified atom stereocenters. The summed E-state index contributed by atoms with van der Waals surface area (Å²) in [6.07, 6.45) is 2.61. The number of benzene rings is 1. The normalized spacial score (nSPS) is 10.3. The Balaban J connectivity index is 2.19. The second-order valence-electron chi connectivity index (χ2n) is 4.15. The van der Waals surface area contributed by atoms with E-state index >= 15 is 0 Å². The molecule has 0 spiro atoms. The van der Waals surface area contributed by atoms with Crippen LogP contribution < -0.4 is 10.1 Å². The van der Waals surface area contributed by atoms with Crippen LogP contribution in [0.1, 0.15) is 18.1 Å². The fourth-order valence-electron chi connectivity index (χ4n) is 1.98. The van der Waals surface area contributed by atoms with E-state index in [4.69, 9.17) is 16.3 Å². The zero-order valence-corrected chi connectivity index (χ0v) is 11.9. The first kappa shape index (κ1) is 13.7. The Labute approximate surface area is 118 Å². The van der Waals surface area contributed by atoms with E-state index in [-0.39, 0.29) is 0 Å². The molecular formula is C15H17ClN2O. The van der Waals surface area contributed by atoms with Gasteiger partial charge in [-0.15, -0.1) is 0 Å². The molecule has 0 aliphatic rings. The number of hydrogen-bond donors (Lipinski definition) is 1. The monoisotopic (exact) mass is 276 g/mol. The molecule has 4 heteroatoms. The van der Waals surface area contributed by atoms with Crippen molar-refractivity contribution in [2.45, 2.75) is 20.0 Å². The van der Waals surface area contributed by atoms with Gasteiger partial charge in [-0.2, -0.15) is 0 Å². The lowest BCUT2D eigenvalue weighted by molar-refractivity contribution is 0.293. The zero-order valence-electron chi connectivity index (χ0n) is 11.1. The van der Waals surface area contributed by atoms with E-state index in [1.165, 1.54) is 5.56 Å². The molecule has 2 rings (SSSR count). The Kier molecular flexibility index (Phi) is 4.63. The molecule has 0 amide bonds. The van der Waals surface area contributed by atoms with E-state index in [0.29, 0.717) is 17.5 Å². The molecule has 3 nitrogen and oxygen atoms in total. The number of anilines is 1. The van der Waals surface area contributed by atoms with Crippen LogP contribution in [0.5, 0.6) is 5.88 Å². The first-order valence-corrected chi connectivity index (χ1v) is 6.65. The molecular weight excluding hydrogens is 260 g/mol. The maximum atomic E-state index is 5.91. The Morgan fingerprint density at radius 3 is 2.84 bits per heavy atom. The van der Waals surface area contributed by atoms with Crippen LogP contribution >= 0.6 is 11.6 Å². The molecule has 0 aliphatic heterocycles. The number of nitrogens with one attached hydrogen (secondary N) is 1. The lowest BCUT2D eigenvalue weighted by Gasteiger charge is -2.14. The highest BCUT2D eigenvalue weighted by Crippen LogP contribution is 2.23. The van der Waals surface area contributed by atoms with E-state index in [1.807, 2.05) is 19.2 Å². The lowest BCUT2D eigenvalue weighted by atomic mass is 10.0. The molecule has 0 atom stereocenters. The minimum Gasteiger partial charge on any atom is -0.473 e. The van der Waals surface area contributed by atoms with Crippen molar-refractivity contribution in [3.63, 3.8) is 0 Å². The van der Waals surface area contributed by atoms with E-state index in [2.05, 4.69) is 23.3 Å². The van der Waals surface area contributed by atoms with Gasteiger partial charge in [-0.05, 0) is 24.1 Å². The van der Waals surface area contributed by atoms with Gasteiger partial charge >= 0.3 is 0 Å². The summed E-state index contributed by atoms with van der Waals surface area (Å²) >= 11 is 5.91. The Morgan fingerprint density at radius 2 is 2.16 bits per heavy atom. The molecule has 0 radical (unpaired) electrons. The highest BCUT2D eigenvalue weighted by molar-refractivity contribution is 6.30. The van der Waals surface area contributed by atoms with Gasteiger partial charge in [0.25, 0.3) is 0 Å². The van der Waals surface area contributed by atoms with Gasteiger partial charge in [-0.1, -0.05) is 30.7 Å². The molecule has 1 aromatic heterocycles. The van der Waals surface area contributed by atoms with Crippen LogP contribution in [0.4, 0.5) is 5.69 Å². The van der Waals surface area contributed by atoms with Crippen LogP contribution in [-0.2, 0) is 13.0 Å².